The van der Waals surface area contributed by atoms with Gasteiger partial charge < -0.3 is 10.2 Å². The number of nitrogens with one attached hydrogen (secondary N) is 1. The normalized spacial score (nSPS) is 12.8. The van der Waals surface area contributed by atoms with Crippen molar-refractivity contribution in [1.29, 1.82) is 0 Å². The largest absolute Gasteiger partial charge is 0.352 e. The summed E-state index contributed by atoms with van der Waals surface area (Å²) in [7, 11) is -3.95. The molecule has 39 heavy (non-hydrogen) atoms. The van der Waals surface area contributed by atoms with Crippen LogP contribution in [0, 0.1) is 12.7 Å². The van der Waals surface area contributed by atoms with Crippen LogP contribution in [0.4, 0.5) is 10.1 Å². The molecule has 7 nitrogen and oxygen atoms in total. The van der Waals surface area contributed by atoms with Gasteiger partial charge in [0.1, 0.15) is 18.4 Å². The van der Waals surface area contributed by atoms with Crippen LogP contribution in [-0.4, -0.2) is 50.0 Å². The zero-order valence-corrected chi connectivity index (χ0v) is 23.6. The Kier molecular flexibility index (Phi) is 10.2. The first-order chi connectivity index (χ1) is 18.5. The van der Waals surface area contributed by atoms with E-state index in [0.29, 0.717) is 6.42 Å². The number of rotatable bonds is 12. The molecule has 1 N–H and O–H groups in total. The minimum Gasteiger partial charge on any atom is -0.352 e. The molecule has 208 valence electrons. The van der Waals surface area contributed by atoms with Crippen molar-refractivity contribution in [2.24, 2.45) is 0 Å². The van der Waals surface area contributed by atoms with E-state index in [4.69, 9.17) is 0 Å². The molecule has 0 aliphatic heterocycles. The van der Waals surface area contributed by atoms with E-state index in [0.717, 1.165) is 33.3 Å². The fourth-order valence-corrected chi connectivity index (χ4v) is 5.05. The summed E-state index contributed by atoms with van der Waals surface area (Å²) in [6.45, 7) is 5.27. The van der Waals surface area contributed by atoms with Gasteiger partial charge in [-0.1, -0.05) is 67.6 Å². The van der Waals surface area contributed by atoms with Crippen LogP contribution in [0.3, 0.4) is 0 Å². The fraction of sp³-hybridized carbons (Fsp3) is 0.333. The number of hydrogen-bond donors (Lipinski definition) is 1. The number of benzene rings is 3. The summed E-state index contributed by atoms with van der Waals surface area (Å²) < 4.78 is 40.4. The third-order valence-electron chi connectivity index (χ3n) is 6.65. The smallest absolute Gasteiger partial charge is 0.244 e. The highest BCUT2D eigenvalue weighted by molar-refractivity contribution is 7.92. The molecule has 2 atom stereocenters. The van der Waals surface area contributed by atoms with Gasteiger partial charge in [-0.15, -0.1) is 0 Å². The van der Waals surface area contributed by atoms with Crippen LogP contribution in [0.1, 0.15) is 37.0 Å². The van der Waals surface area contributed by atoms with Gasteiger partial charge >= 0.3 is 0 Å². The molecule has 9 heteroatoms. The zero-order valence-electron chi connectivity index (χ0n) is 22.8. The lowest BCUT2D eigenvalue weighted by atomic mass is 10.0. The first-order valence-corrected chi connectivity index (χ1v) is 14.8. The second kappa shape index (κ2) is 13.4. The number of amides is 2. The molecular weight excluding hydrogens is 517 g/mol. The summed E-state index contributed by atoms with van der Waals surface area (Å²) in [5.74, 6) is -1.53. The lowest BCUT2D eigenvalue weighted by Gasteiger charge is -2.34. The lowest BCUT2D eigenvalue weighted by Crippen LogP contribution is -2.54. The molecule has 0 aromatic heterocycles. The molecule has 0 saturated carbocycles. The van der Waals surface area contributed by atoms with Crippen LogP contribution in [0.15, 0.2) is 78.9 Å². The molecule has 3 aromatic rings. The van der Waals surface area contributed by atoms with Gasteiger partial charge in [0.05, 0.1) is 11.9 Å². The van der Waals surface area contributed by atoms with Gasteiger partial charge in [-0.2, -0.15) is 0 Å². The Morgan fingerprint density at radius 2 is 1.64 bits per heavy atom. The number of aryl methyl sites for hydroxylation is 1. The molecule has 2 amide bonds. The summed E-state index contributed by atoms with van der Waals surface area (Å²) in [6.07, 6.45) is 1.91. The van der Waals surface area contributed by atoms with Gasteiger partial charge in [0.2, 0.25) is 21.8 Å². The third-order valence-corrected chi connectivity index (χ3v) is 7.79. The molecule has 0 unspecified atom stereocenters. The maximum absolute atomic E-state index is 14.0. The monoisotopic (exact) mass is 553 g/mol. The second-order valence-corrected chi connectivity index (χ2v) is 11.6. The van der Waals surface area contributed by atoms with E-state index in [1.54, 1.807) is 0 Å². The number of hydrogen-bond acceptors (Lipinski definition) is 4. The number of anilines is 1. The lowest BCUT2D eigenvalue weighted by molar-refractivity contribution is -0.140. The molecule has 3 aromatic carbocycles. The van der Waals surface area contributed by atoms with E-state index >= 15 is 0 Å². The molecule has 0 aliphatic rings. The average Bonchev–Trinajstić information content (AvgIpc) is 2.89. The number of nitrogens with zero attached hydrogens (tertiary/aromatic N) is 2. The quantitative estimate of drug-likeness (QED) is 0.359. The highest BCUT2D eigenvalue weighted by atomic mass is 32.2. The van der Waals surface area contributed by atoms with Crippen LogP contribution in [0.2, 0.25) is 0 Å². The highest BCUT2D eigenvalue weighted by Gasteiger charge is 2.33. The summed E-state index contributed by atoms with van der Waals surface area (Å²) >= 11 is 0. The van der Waals surface area contributed by atoms with Gasteiger partial charge in [0.15, 0.2) is 0 Å². The maximum Gasteiger partial charge on any atom is 0.244 e. The van der Waals surface area contributed by atoms with Crippen molar-refractivity contribution >= 4 is 27.5 Å². The SMILES string of the molecule is CC[C@@H](C)NC(=O)[C@H](Cc1ccccc1)N(Cc1ccccc1C)C(=O)CN(c1cccc(F)c1)S(C)(=O)=O. The molecule has 0 radical (unpaired) electrons. The molecular formula is C30H36FN3O4S. The Balaban J connectivity index is 2.07. The van der Waals surface area contributed by atoms with Gasteiger partial charge in [-0.05, 0) is 55.2 Å². The van der Waals surface area contributed by atoms with Crippen LogP contribution >= 0.6 is 0 Å². The van der Waals surface area contributed by atoms with Crippen LogP contribution in [0.25, 0.3) is 0 Å². The molecule has 0 saturated heterocycles. The zero-order chi connectivity index (χ0) is 28.6. The van der Waals surface area contributed by atoms with Crippen molar-refractivity contribution in [3.8, 4) is 0 Å². The number of carbonyl (C=O) groups excluding carboxylic acids is 2. The Labute approximate surface area is 230 Å². The standard InChI is InChI=1S/C30H36FN3O4S/c1-5-23(3)32-30(36)28(18-24-13-7-6-8-14-24)33(20-25-15-10-9-12-22(25)2)29(35)21-34(39(4,37)38)27-17-11-16-26(31)19-27/h6-17,19,23,28H,5,18,20-21H2,1-4H3,(H,32,36)/t23-,28+/m1/s1. The summed E-state index contributed by atoms with van der Waals surface area (Å²) in [6, 6.07) is 20.9. The molecule has 0 fully saturated rings. The fourth-order valence-electron chi connectivity index (χ4n) is 4.21. The molecule has 3 rings (SSSR count). The first-order valence-electron chi connectivity index (χ1n) is 12.9. The van der Waals surface area contributed by atoms with Crippen molar-refractivity contribution in [3.05, 3.63) is 101 Å². The molecule has 0 spiro atoms. The van der Waals surface area contributed by atoms with Gasteiger partial charge in [0, 0.05) is 19.0 Å². The molecule has 0 heterocycles. The Bertz CT molecular complexity index is 1380. The highest BCUT2D eigenvalue weighted by Crippen LogP contribution is 2.22. The predicted octanol–water partition coefficient (Wildman–Crippen LogP) is 4.45. The van der Waals surface area contributed by atoms with Crippen LogP contribution in [-0.2, 0) is 32.6 Å². The summed E-state index contributed by atoms with van der Waals surface area (Å²) in [5.41, 5.74) is 2.65. The van der Waals surface area contributed by atoms with Gasteiger partial charge in [0.25, 0.3) is 0 Å². The van der Waals surface area contributed by atoms with E-state index in [1.807, 2.05) is 75.4 Å². The second-order valence-electron chi connectivity index (χ2n) is 9.72. The van der Waals surface area contributed by atoms with E-state index in [2.05, 4.69) is 5.32 Å². The van der Waals surface area contributed by atoms with Crippen molar-refractivity contribution in [1.82, 2.24) is 10.2 Å². The molecule has 0 bridgehead atoms. The predicted molar refractivity (Wildman–Crippen MR) is 152 cm³/mol. The Hall–Kier alpha value is -3.72. The number of halogens is 1. The minimum atomic E-state index is -3.95. The maximum atomic E-state index is 14.0. The third kappa shape index (κ3) is 8.38. The van der Waals surface area contributed by atoms with E-state index in [-0.39, 0.29) is 30.6 Å². The molecule has 0 aliphatic carbocycles. The Morgan fingerprint density at radius 1 is 0.974 bits per heavy atom. The van der Waals surface area contributed by atoms with Crippen LogP contribution in [0.5, 0.6) is 0 Å². The summed E-state index contributed by atoms with van der Waals surface area (Å²) in [4.78, 5) is 29.1. The van der Waals surface area contributed by atoms with Crippen molar-refractivity contribution < 1.29 is 22.4 Å². The van der Waals surface area contributed by atoms with E-state index < -0.39 is 34.3 Å². The number of sulfonamides is 1. The van der Waals surface area contributed by atoms with Crippen LogP contribution < -0.4 is 9.62 Å². The Morgan fingerprint density at radius 3 is 2.26 bits per heavy atom. The van der Waals surface area contributed by atoms with Crippen molar-refractivity contribution in [2.45, 2.75) is 52.2 Å². The van der Waals surface area contributed by atoms with E-state index in [9.17, 15) is 22.4 Å². The average molecular weight is 554 g/mol. The first kappa shape index (κ1) is 29.8. The van der Waals surface area contributed by atoms with Gasteiger partial charge in [-0.3, -0.25) is 13.9 Å². The topological polar surface area (TPSA) is 86.8 Å². The van der Waals surface area contributed by atoms with Gasteiger partial charge in [-0.25, -0.2) is 12.8 Å². The van der Waals surface area contributed by atoms with E-state index in [1.165, 1.54) is 23.1 Å². The van der Waals surface area contributed by atoms with Crippen molar-refractivity contribution in [3.63, 3.8) is 0 Å². The minimum absolute atomic E-state index is 0.0327. The summed E-state index contributed by atoms with van der Waals surface area (Å²) in [5, 5.41) is 2.99. The van der Waals surface area contributed by atoms with Crippen molar-refractivity contribution in [2.75, 3.05) is 17.1 Å². The number of carbonyl (C=O) groups is 2.